The fraction of sp³-hybridized carbons (Fsp3) is 0.562. The Hall–Kier alpha value is -1.58. The van der Waals surface area contributed by atoms with Gasteiger partial charge in [0.05, 0.1) is 5.56 Å². The summed E-state index contributed by atoms with van der Waals surface area (Å²) in [4.78, 5) is 11.8. The van der Waals surface area contributed by atoms with E-state index in [1.54, 1.807) is 7.05 Å². The van der Waals surface area contributed by atoms with Gasteiger partial charge in [-0.15, -0.1) is 0 Å². The third kappa shape index (κ3) is 5.45. The molecule has 1 saturated carbocycles. The largest absolute Gasteiger partial charge is 0.351 e. The minimum atomic E-state index is -3.63. The monoisotopic (exact) mass is 375 g/mol. The topological polar surface area (TPSA) is 78.5 Å². The van der Waals surface area contributed by atoms with E-state index >= 15 is 0 Å². The van der Waals surface area contributed by atoms with Crippen molar-refractivity contribution in [1.82, 2.24) is 14.3 Å². The summed E-state index contributed by atoms with van der Waals surface area (Å²) in [6.07, 6.45) is 4.85. The molecule has 0 spiro atoms. The average Bonchev–Trinajstić information content (AvgIpc) is 2.58. The number of carbonyl (C=O) groups is 1. The molecule has 0 atom stereocenters. The molecule has 0 radical (unpaired) electrons. The second-order valence-corrected chi connectivity index (χ2v) is 7.90. The first-order valence-electron chi connectivity index (χ1n) is 8.27. The van der Waals surface area contributed by atoms with Gasteiger partial charge in [0, 0.05) is 32.2 Å². The van der Waals surface area contributed by atoms with Crippen LogP contribution in [0.1, 0.15) is 42.5 Å². The molecule has 140 valence electrons. The standard InChI is InChI=1S/C16H23F2N3O3S/c1-21(13-5-3-2-4-6-13)25(23,24)20-10-9-19-16(22)14-8-7-12(17)11-15(14)18/h7-8,11,13,20H,2-6,9-10H2,1H3,(H,19,22). The number of amides is 1. The Bertz CT molecular complexity index is 707. The molecular formula is C16H23F2N3O3S. The Balaban J connectivity index is 1.80. The summed E-state index contributed by atoms with van der Waals surface area (Å²) in [6, 6.07) is 2.64. The zero-order chi connectivity index (χ0) is 18.4. The van der Waals surface area contributed by atoms with Crippen LogP contribution in [0.2, 0.25) is 0 Å². The van der Waals surface area contributed by atoms with Crippen LogP contribution in [0.25, 0.3) is 0 Å². The van der Waals surface area contributed by atoms with Crippen LogP contribution in [0.3, 0.4) is 0 Å². The van der Waals surface area contributed by atoms with Crippen LogP contribution in [0.5, 0.6) is 0 Å². The Labute approximate surface area is 146 Å². The number of nitrogens with one attached hydrogen (secondary N) is 2. The van der Waals surface area contributed by atoms with Gasteiger partial charge in [-0.3, -0.25) is 4.79 Å². The van der Waals surface area contributed by atoms with Gasteiger partial charge in [0.25, 0.3) is 16.1 Å². The lowest BCUT2D eigenvalue weighted by molar-refractivity contribution is 0.0950. The number of nitrogens with zero attached hydrogens (tertiary/aromatic N) is 1. The summed E-state index contributed by atoms with van der Waals surface area (Å²) in [5.41, 5.74) is -0.288. The van der Waals surface area contributed by atoms with E-state index in [1.807, 2.05) is 0 Å². The van der Waals surface area contributed by atoms with Crippen LogP contribution in [-0.4, -0.2) is 44.8 Å². The average molecular weight is 375 g/mol. The fourth-order valence-electron chi connectivity index (χ4n) is 2.87. The predicted octanol–water partition coefficient (Wildman–Crippen LogP) is 1.79. The Morgan fingerprint density at radius 1 is 1.20 bits per heavy atom. The molecule has 0 heterocycles. The summed E-state index contributed by atoms with van der Waals surface area (Å²) < 4.78 is 54.5. The number of benzene rings is 1. The molecule has 0 aromatic heterocycles. The molecule has 2 N–H and O–H groups in total. The van der Waals surface area contributed by atoms with Crippen molar-refractivity contribution in [3.8, 4) is 0 Å². The first-order chi connectivity index (χ1) is 11.8. The van der Waals surface area contributed by atoms with Crippen molar-refractivity contribution in [2.45, 2.75) is 38.1 Å². The zero-order valence-electron chi connectivity index (χ0n) is 14.1. The molecule has 6 nitrogen and oxygen atoms in total. The number of halogens is 2. The van der Waals surface area contributed by atoms with Crippen molar-refractivity contribution in [2.75, 3.05) is 20.1 Å². The van der Waals surface area contributed by atoms with Crippen molar-refractivity contribution in [1.29, 1.82) is 0 Å². The van der Waals surface area contributed by atoms with E-state index in [0.29, 0.717) is 6.07 Å². The zero-order valence-corrected chi connectivity index (χ0v) is 14.9. The van der Waals surface area contributed by atoms with Crippen molar-refractivity contribution in [3.05, 3.63) is 35.4 Å². The van der Waals surface area contributed by atoms with Crippen LogP contribution in [-0.2, 0) is 10.2 Å². The Morgan fingerprint density at radius 3 is 2.52 bits per heavy atom. The van der Waals surface area contributed by atoms with E-state index in [0.717, 1.165) is 44.2 Å². The molecule has 0 bridgehead atoms. The van der Waals surface area contributed by atoms with Gasteiger partial charge in [0.2, 0.25) is 0 Å². The number of rotatable bonds is 7. The van der Waals surface area contributed by atoms with Crippen molar-refractivity contribution >= 4 is 16.1 Å². The summed E-state index contributed by atoms with van der Waals surface area (Å²) in [5, 5.41) is 2.40. The first kappa shape index (κ1) is 19.7. The molecule has 1 amide bonds. The molecule has 25 heavy (non-hydrogen) atoms. The van der Waals surface area contributed by atoms with E-state index in [4.69, 9.17) is 0 Å². The third-order valence-corrected chi connectivity index (χ3v) is 5.96. The summed E-state index contributed by atoms with van der Waals surface area (Å²) in [5.74, 6) is -2.46. The van der Waals surface area contributed by atoms with Gasteiger partial charge >= 0.3 is 0 Å². The highest BCUT2D eigenvalue weighted by molar-refractivity contribution is 7.87. The minimum Gasteiger partial charge on any atom is -0.351 e. The number of hydrogen-bond acceptors (Lipinski definition) is 3. The van der Waals surface area contributed by atoms with Crippen molar-refractivity contribution in [3.63, 3.8) is 0 Å². The van der Waals surface area contributed by atoms with Gasteiger partial charge in [-0.1, -0.05) is 19.3 Å². The molecule has 1 aromatic carbocycles. The molecule has 1 aliphatic rings. The maximum atomic E-state index is 13.5. The molecule has 0 unspecified atom stereocenters. The van der Waals surface area contributed by atoms with E-state index < -0.39 is 27.8 Å². The summed E-state index contributed by atoms with van der Waals surface area (Å²) in [7, 11) is -2.08. The molecular weight excluding hydrogens is 352 g/mol. The lowest BCUT2D eigenvalue weighted by Crippen LogP contribution is -2.46. The van der Waals surface area contributed by atoms with Gasteiger partial charge in [-0.05, 0) is 25.0 Å². The van der Waals surface area contributed by atoms with E-state index in [9.17, 15) is 22.0 Å². The maximum Gasteiger partial charge on any atom is 0.279 e. The highest BCUT2D eigenvalue weighted by Crippen LogP contribution is 2.22. The molecule has 1 aromatic rings. The molecule has 0 aliphatic heterocycles. The second-order valence-electron chi connectivity index (χ2n) is 6.09. The molecule has 9 heteroatoms. The Morgan fingerprint density at radius 2 is 1.88 bits per heavy atom. The molecule has 0 saturated heterocycles. The Kier molecular flexibility index (Phi) is 6.86. The SMILES string of the molecule is CN(C1CCCCC1)S(=O)(=O)NCCNC(=O)c1ccc(F)cc1F. The van der Waals surface area contributed by atoms with Crippen LogP contribution >= 0.6 is 0 Å². The van der Waals surface area contributed by atoms with Gasteiger partial charge in [-0.25, -0.2) is 13.5 Å². The second kappa shape index (κ2) is 8.68. The smallest absolute Gasteiger partial charge is 0.279 e. The first-order valence-corrected chi connectivity index (χ1v) is 9.71. The maximum absolute atomic E-state index is 13.5. The van der Waals surface area contributed by atoms with E-state index in [-0.39, 0.29) is 24.7 Å². The van der Waals surface area contributed by atoms with Crippen LogP contribution in [0.15, 0.2) is 18.2 Å². The van der Waals surface area contributed by atoms with Crippen LogP contribution in [0, 0.1) is 11.6 Å². The van der Waals surface area contributed by atoms with Gasteiger partial charge in [-0.2, -0.15) is 12.7 Å². The fourth-order valence-corrected chi connectivity index (χ4v) is 4.03. The predicted molar refractivity (Wildman–Crippen MR) is 90.2 cm³/mol. The van der Waals surface area contributed by atoms with Gasteiger partial charge in [0.1, 0.15) is 11.6 Å². The molecule has 1 aliphatic carbocycles. The highest BCUT2D eigenvalue weighted by Gasteiger charge is 2.27. The molecule has 1 fully saturated rings. The lowest BCUT2D eigenvalue weighted by atomic mass is 9.96. The normalized spacial score (nSPS) is 16.2. The number of hydrogen-bond donors (Lipinski definition) is 2. The highest BCUT2D eigenvalue weighted by atomic mass is 32.2. The van der Waals surface area contributed by atoms with Gasteiger partial charge in [0.15, 0.2) is 0 Å². The van der Waals surface area contributed by atoms with Crippen molar-refractivity contribution in [2.24, 2.45) is 0 Å². The van der Waals surface area contributed by atoms with Crippen LogP contribution in [0.4, 0.5) is 8.78 Å². The lowest BCUT2D eigenvalue weighted by Gasteiger charge is -2.30. The quantitative estimate of drug-likeness (QED) is 0.714. The minimum absolute atomic E-state index is 0.00541. The molecule has 2 rings (SSSR count). The van der Waals surface area contributed by atoms with Crippen molar-refractivity contribution < 1.29 is 22.0 Å². The van der Waals surface area contributed by atoms with Crippen LogP contribution < -0.4 is 10.0 Å². The van der Waals surface area contributed by atoms with Gasteiger partial charge < -0.3 is 5.32 Å². The third-order valence-electron chi connectivity index (χ3n) is 4.34. The summed E-state index contributed by atoms with van der Waals surface area (Å²) in [6.45, 7) is -0.0265. The van der Waals surface area contributed by atoms with E-state index in [1.165, 1.54) is 4.31 Å². The summed E-state index contributed by atoms with van der Waals surface area (Å²) >= 11 is 0. The number of carbonyl (C=O) groups excluding carboxylic acids is 1. The van der Waals surface area contributed by atoms with E-state index in [2.05, 4.69) is 10.0 Å².